The molecule has 1 aliphatic carbocycles. The van der Waals surface area contributed by atoms with E-state index in [4.69, 9.17) is 4.74 Å². The molecule has 7 heteroatoms. The van der Waals surface area contributed by atoms with Gasteiger partial charge in [0.15, 0.2) is 0 Å². The zero-order valence-electron chi connectivity index (χ0n) is 14.6. The molecule has 0 fully saturated rings. The molecule has 1 aromatic carbocycles. The maximum absolute atomic E-state index is 12.5. The Kier molecular flexibility index (Phi) is 4.43. The van der Waals surface area contributed by atoms with E-state index in [1.54, 1.807) is 24.2 Å². The summed E-state index contributed by atoms with van der Waals surface area (Å²) in [4.78, 5) is 12.5. The second-order valence-corrected chi connectivity index (χ2v) is 6.56. The Balaban J connectivity index is 1.37. The summed E-state index contributed by atoms with van der Waals surface area (Å²) in [6.07, 6.45) is 7.90. The van der Waals surface area contributed by atoms with Crippen LogP contribution in [0, 0.1) is 0 Å². The molecule has 2 N–H and O–H groups in total. The summed E-state index contributed by atoms with van der Waals surface area (Å²) in [5.74, 6) is 0.741. The number of carbonyl (C=O) groups is 1. The third-order valence-electron chi connectivity index (χ3n) is 4.75. The lowest BCUT2D eigenvalue weighted by atomic mass is 9.93. The Bertz CT molecular complexity index is 897. The maximum Gasteiger partial charge on any atom is 0.254 e. The van der Waals surface area contributed by atoms with Gasteiger partial charge in [0, 0.05) is 17.9 Å². The fourth-order valence-electron chi connectivity index (χ4n) is 3.29. The fourth-order valence-corrected chi connectivity index (χ4v) is 3.29. The molecule has 0 bridgehead atoms. The lowest BCUT2D eigenvalue weighted by molar-refractivity contribution is 0.0933. The van der Waals surface area contributed by atoms with Gasteiger partial charge >= 0.3 is 0 Å². The van der Waals surface area contributed by atoms with E-state index >= 15 is 0 Å². The number of amides is 1. The molecule has 0 aliphatic heterocycles. The number of carbonyl (C=O) groups excluding carboxylic acids is 1. The number of nitrogens with zero attached hydrogens (tertiary/aromatic N) is 3. The van der Waals surface area contributed by atoms with Gasteiger partial charge in [-0.15, -0.1) is 0 Å². The number of benzene rings is 1. The normalized spacial score (nSPS) is 16.1. The van der Waals surface area contributed by atoms with Crippen LogP contribution < -0.4 is 10.1 Å². The average Bonchev–Trinajstić information content (AvgIpc) is 3.31. The number of hydrogen-bond donors (Lipinski definition) is 2. The molecule has 2 aromatic heterocycles. The second-order valence-electron chi connectivity index (χ2n) is 6.56. The summed E-state index contributed by atoms with van der Waals surface area (Å²) in [5.41, 5.74) is 4.05. The number of ether oxygens (including phenoxy) is 1. The second kappa shape index (κ2) is 7.03. The monoisotopic (exact) mass is 351 g/mol. The summed E-state index contributed by atoms with van der Waals surface area (Å²) in [7, 11) is 1.65. The van der Waals surface area contributed by atoms with Crippen molar-refractivity contribution in [2.45, 2.75) is 31.8 Å². The minimum Gasteiger partial charge on any atom is -0.497 e. The Morgan fingerprint density at radius 2 is 2.19 bits per heavy atom. The Morgan fingerprint density at radius 3 is 3.00 bits per heavy atom. The van der Waals surface area contributed by atoms with E-state index in [0.29, 0.717) is 12.1 Å². The SMILES string of the molecule is COc1ccc(Cn2cc(C(=O)NC3CCc4[nH]ncc4C3)cn2)cc1. The summed E-state index contributed by atoms with van der Waals surface area (Å²) in [6.45, 7) is 0.610. The number of aromatic nitrogens is 4. The van der Waals surface area contributed by atoms with Crippen LogP contribution >= 0.6 is 0 Å². The predicted molar refractivity (Wildman–Crippen MR) is 96.2 cm³/mol. The standard InChI is InChI=1S/C19H21N5O2/c1-26-17-5-2-13(3-6-17)11-24-12-15(10-21-24)19(25)22-16-4-7-18-14(8-16)9-20-23-18/h2-3,5-6,9-10,12,16H,4,7-8,11H2,1H3,(H,20,23)(H,22,25). The van der Waals surface area contributed by atoms with Crippen molar-refractivity contribution in [2.24, 2.45) is 0 Å². The van der Waals surface area contributed by atoms with Gasteiger partial charge in [-0.3, -0.25) is 14.6 Å². The van der Waals surface area contributed by atoms with Crippen LogP contribution in [0.2, 0.25) is 0 Å². The lowest BCUT2D eigenvalue weighted by Crippen LogP contribution is -2.38. The predicted octanol–water partition coefficient (Wildman–Crippen LogP) is 1.95. The highest BCUT2D eigenvalue weighted by atomic mass is 16.5. The van der Waals surface area contributed by atoms with Crippen LogP contribution in [0.25, 0.3) is 0 Å². The topological polar surface area (TPSA) is 84.8 Å². The molecule has 7 nitrogen and oxygen atoms in total. The first kappa shape index (κ1) is 16.4. The summed E-state index contributed by atoms with van der Waals surface area (Å²) >= 11 is 0. The van der Waals surface area contributed by atoms with Gasteiger partial charge in [-0.1, -0.05) is 12.1 Å². The quantitative estimate of drug-likeness (QED) is 0.736. The third-order valence-corrected chi connectivity index (χ3v) is 4.75. The van der Waals surface area contributed by atoms with Crippen LogP contribution in [0.15, 0.2) is 42.9 Å². The van der Waals surface area contributed by atoms with Gasteiger partial charge in [-0.2, -0.15) is 10.2 Å². The van der Waals surface area contributed by atoms with Crippen LogP contribution in [-0.4, -0.2) is 39.0 Å². The van der Waals surface area contributed by atoms with Crippen molar-refractivity contribution in [2.75, 3.05) is 7.11 Å². The molecule has 2 heterocycles. The zero-order chi connectivity index (χ0) is 17.9. The number of H-pyrrole nitrogens is 1. The highest BCUT2D eigenvalue weighted by molar-refractivity contribution is 5.93. The number of aryl methyl sites for hydroxylation is 1. The number of rotatable bonds is 5. The molecule has 1 atom stereocenters. The molecule has 26 heavy (non-hydrogen) atoms. The first-order valence-electron chi connectivity index (χ1n) is 8.68. The largest absolute Gasteiger partial charge is 0.497 e. The first-order valence-corrected chi connectivity index (χ1v) is 8.68. The van der Waals surface area contributed by atoms with Gasteiger partial charge < -0.3 is 10.1 Å². The molecule has 4 rings (SSSR count). The minimum atomic E-state index is -0.0806. The average molecular weight is 351 g/mol. The Hall–Kier alpha value is -3.09. The van der Waals surface area contributed by atoms with Crippen molar-refractivity contribution in [1.29, 1.82) is 0 Å². The smallest absolute Gasteiger partial charge is 0.254 e. The van der Waals surface area contributed by atoms with Crippen molar-refractivity contribution in [3.05, 3.63) is 65.2 Å². The molecule has 0 saturated carbocycles. The molecule has 1 aliphatic rings. The van der Waals surface area contributed by atoms with Crippen molar-refractivity contribution in [3.63, 3.8) is 0 Å². The lowest BCUT2D eigenvalue weighted by Gasteiger charge is -2.22. The van der Waals surface area contributed by atoms with E-state index in [1.807, 2.05) is 30.5 Å². The van der Waals surface area contributed by atoms with E-state index in [2.05, 4.69) is 20.6 Å². The van der Waals surface area contributed by atoms with Gasteiger partial charge in [0.05, 0.1) is 31.6 Å². The van der Waals surface area contributed by atoms with Crippen LogP contribution in [0.1, 0.15) is 33.6 Å². The Labute approximate surface area is 151 Å². The molecule has 0 saturated heterocycles. The molecular formula is C19H21N5O2. The number of hydrogen-bond acceptors (Lipinski definition) is 4. The number of aromatic amines is 1. The molecule has 134 valence electrons. The van der Waals surface area contributed by atoms with Gasteiger partial charge in [0.1, 0.15) is 5.75 Å². The number of fused-ring (bicyclic) bond motifs is 1. The number of methoxy groups -OCH3 is 1. The molecule has 3 aromatic rings. The maximum atomic E-state index is 12.5. The highest BCUT2D eigenvalue weighted by Gasteiger charge is 2.22. The van der Waals surface area contributed by atoms with Gasteiger partial charge in [0.2, 0.25) is 0 Å². The van der Waals surface area contributed by atoms with Crippen molar-refractivity contribution in [3.8, 4) is 5.75 Å². The first-order chi connectivity index (χ1) is 12.7. The molecule has 1 amide bonds. The fraction of sp³-hybridized carbons (Fsp3) is 0.316. The van der Waals surface area contributed by atoms with E-state index in [0.717, 1.165) is 30.6 Å². The summed E-state index contributed by atoms with van der Waals surface area (Å²) < 4.78 is 6.93. The van der Waals surface area contributed by atoms with Crippen LogP contribution in [0.4, 0.5) is 0 Å². The summed E-state index contributed by atoms with van der Waals surface area (Å²) in [5, 5.41) is 14.5. The van der Waals surface area contributed by atoms with Crippen LogP contribution in [0.5, 0.6) is 5.75 Å². The van der Waals surface area contributed by atoms with Crippen LogP contribution in [0.3, 0.4) is 0 Å². The van der Waals surface area contributed by atoms with Gasteiger partial charge in [-0.05, 0) is 42.5 Å². The number of nitrogens with one attached hydrogen (secondary N) is 2. The van der Waals surface area contributed by atoms with E-state index < -0.39 is 0 Å². The van der Waals surface area contributed by atoms with E-state index in [9.17, 15) is 4.79 Å². The van der Waals surface area contributed by atoms with E-state index in [-0.39, 0.29) is 11.9 Å². The van der Waals surface area contributed by atoms with Crippen molar-refractivity contribution in [1.82, 2.24) is 25.3 Å². The van der Waals surface area contributed by atoms with Crippen molar-refractivity contribution < 1.29 is 9.53 Å². The zero-order valence-corrected chi connectivity index (χ0v) is 14.6. The van der Waals surface area contributed by atoms with Gasteiger partial charge in [-0.25, -0.2) is 0 Å². The molecule has 0 spiro atoms. The third kappa shape index (κ3) is 3.46. The van der Waals surface area contributed by atoms with E-state index in [1.165, 1.54) is 11.3 Å². The Morgan fingerprint density at radius 1 is 1.35 bits per heavy atom. The van der Waals surface area contributed by atoms with Gasteiger partial charge in [0.25, 0.3) is 5.91 Å². The molecular weight excluding hydrogens is 330 g/mol. The highest BCUT2D eigenvalue weighted by Crippen LogP contribution is 2.19. The molecule has 0 radical (unpaired) electrons. The summed E-state index contributed by atoms with van der Waals surface area (Å²) in [6, 6.07) is 7.95. The van der Waals surface area contributed by atoms with Crippen molar-refractivity contribution >= 4 is 5.91 Å². The molecule has 1 unspecified atom stereocenters. The minimum absolute atomic E-state index is 0.0806. The van der Waals surface area contributed by atoms with Crippen LogP contribution in [-0.2, 0) is 19.4 Å².